The van der Waals surface area contributed by atoms with Crippen molar-refractivity contribution in [2.75, 3.05) is 26.2 Å². The van der Waals surface area contributed by atoms with Crippen LogP contribution in [0.25, 0.3) is 0 Å². The van der Waals surface area contributed by atoms with E-state index in [-0.39, 0.29) is 24.0 Å². The van der Waals surface area contributed by atoms with Gasteiger partial charge in [-0.3, -0.25) is 9.89 Å². The standard InChI is InChI=1S/C16H32N4.HI/c1-14-9-5-8-12-20(14)15(2)13-18-16(17)19-10-6-3-4-7-11-19;/h14-15H,3-13H2,1-2H3,(H2,17,18);1H. The Balaban J connectivity index is 0.00000220. The van der Waals surface area contributed by atoms with E-state index in [0.717, 1.165) is 25.6 Å². The van der Waals surface area contributed by atoms with Gasteiger partial charge in [0, 0.05) is 25.2 Å². The van der Waals surface area contributed by atoms with Gasteiger partial charge < -0.3 is 10.6 Å². The number of guanidine groups is 1. The van der Waals surface area contributed by atoms with Gasteiger partial charge >= 0.3 is 0 Å². The SMILES string of the molecule is CC1CCCCN1C(C)CN=C(N)N1CCCCCC1.I. The van der Waals surface area contributed by atoms with Crippen molar-refractivity contribution >= 4 is 29.9 Å². The molecule has 0 aromatic heterocycles. The lowest BCUT2D eigenvalue weighted by Crippen LogP contribution is -2.45. The maximum Gasteiger partial charge on any atom is 0.191 e. The molecular formula is C16H33IN4. The fraction of sp³-hybridized carbons (Fsp3) is 0.938. The molecule has 0 aliphatic carbocycles. The first-order valence-electron chi connectivity index (χ1n) is 8.49. The lowest BCUT2D eigenvalue weighted by Gasteiger charge is -2.37. The molecular weight excluding hydrogens is 375 g/mol. The number of hydrogen-bond donors (Lipinski definition) is 1. The van der Waals surface area contributed by atoms with Gasteiger partial charge in [-0.05, 0) is 46.1 Å². The van der Waals surface area contributed by atoms with E-state index >= 15 is 0 Å². The van der Waals surface area contributed by atoms with E-state index in [4.69, 9.17) is 5.73 Å². The zero-order chi connectivity index (χ0) is 14.4. The fourth-order valence-corrected chi connectivity index (χ4v) is 3.51. The second-order valence-electron chi connectivity index (χ2n) is 6.53. The Bertz CT molecular complexity index is 313. The minimum Gasteiger partial charge on any atom is -0.370 e. The van der Waals surface area contributed by atoms with Crippen molar-refractivity contribution in [1.82, 2.24) is 9.80 Å². The maximum atomic E-state index is 6.19. The Labute approximate surface area is 147 Å². The number of piperidine rings is 1. The molecule has 2 N–H and O–H groups in total. The van der Waals surface area contributed by atoms with Crippen molar-refractivity contribution in [3.63, 3.8) is 0 Å². The quantitative estimate of drug-likeness (QED) is 0.444. The van der Waals surface area contributed by atoms with Gasteiger partial charge in [0.25, 0.3) is 0 Å². The Morgan fingerprint density at radius 2 is 1.71 bits per heavy atom. The summed E-state index contributed by atoms with van der Waals surface area (Å²) in [6, 6.07) is 1.21. The van der Waals surface area contributed by atoms with Gasteiger partial charge in [-0.2, -0.15) is 0 Å². The third-order valence-electron chi connectivity index (χ3n) is 4.87. The van der Waals surface area contributed by atoms with Crippen molar-refractivity contribution in [3.05, 3.63) is 0 Å². The summed E-state index contributed by atoms with van der Waals surface area (Å²) >= 11 is 0. The number of nitrogens with zero attached hydrogens (tertiary/aromatic N) is 3. The van der Waals surface area contributed by atoms with Crippen LogP contribution in [-0.4, -0.2) is 54.0 Å². The third kappa shape index (κ3) is 5.93. The third-order valence-corrected chi connectivity index (χ3v) is 4.87. The molecule has 2 aliphatic rings. The highest BCUT2D eigenvalue weighted by molar-refractivity contribution is 14.0. The second kappa shape index (κ2) is 9.87. The lowest BCUT2D eigenvalue weighted by atomic mass is 10.0. The Kier molecular flexibility index (Phi) is 8.94. The molecule has 0 bridgehead atoms. The molecule has 2 rings (SSSR count). The molecule has 2 aliphatic heterocycles. The van der Waals surface area contributed by atoms with Gasteiger partial charge in [0.05, 0.1) is 6.54 Å². The van der Waals surface area contributed by atoms with Crippen LogP contribution in [0.5, 0.6) is 0 Å². The predicted molar refractivity (Wildman–Crippen MR) is 101 cm³/mol. The van der Waals surface area contributed by atoms with Crippen molar-refractivity contribution in [3.8, 4) is 0 Å². The Morgan fingerprint density at radius 1 is 1.10 bits per heavy atom. The topological polar surface area (TPSA) is 44.9 Å². The summed E-state index contributed by atoms with van der Waals surface area (Å²) in [6.45, 7) is 8.88. The first kappa shape index (κ1) is 19.0. The van der Waals surface area contributed by atoms with Gasteiger partial charge in [0.15, 0.2) is 5.96 Å². The number of likely N-dealkylation sites (tertiary alicyclic amines) is 2. The molecule has 0 aromatic rings. The molecule has 5 heteroatoms. The second-order valence-corrected chi connectivity index (χ2v) is 6.53. The molecule has 0 amide bonds. The normalized spacial score (nSPS) is 26.9. The van der Waals surface area contributed by atoms with Crippen LogP contribution < -0.4 is 5.73 Å². The predicted octanol–water partition coefficient (Wildman–Crippen LogP) is 3.06. The molecule has 2 heterocycles. The molecule has 0 saturated carbocycles. The van der Waals surface area contributed by atoms with E-state index in [1.165, 1.54) is 51.5 Å². The van der Waals surface area contributed by atoms with Gasteiger partial charge in [-0.25, -0.2) is 0 Å². The maximum absolute atomic E-state index is 6.19. The summed E-state index contributed by atoms with van der Waals surface area (Å²) in [7, 11) is 0. The van der Waals surface area contributed by atoms with Crippen LogP contribution in [-0.2, 0) is 0 Å². The minimum absolute atomic E-state index is 0. The smallest absolute Gasteiger partial charge is 0.191 e. The molecule has 21 heavy (non-hydrogen) atoms. The summed E-state index contributed by atoms with van der Waals surface area (Å²) in [6.07, 6.45) is 9.24. The van der Waals surface area contributed by atoms with E-state index in [1.807, 2.05) is 0 Å². The van der Waals surface area contributed by atoms with Crippen LogP contribution in [0.2, 0.25) is 0 Å². The monoisotopic (exact) mass is 408 g/mol. The number of rotatable bonds is 3. The average Bonchev–Trinajstić information content (AvgIpc) is 2.74. The van der Waals surface area contributed by atoms with Gasteiger partial charge in [-0.15, -0.1) is 24.0 Å². The molecule has 4 nitrogen and oxygen atoms in total. The number of hydrogen-bond acceptors (Lipinski definition) is 2. The zero-order valence-corrected chi connectivity index (χ0v) is 16.1. The van der Waals surface area contributed by atoms with Gasteiger partial charge in [-0.1, -0.05) is 19.3 Å². The van der Waals surface area contributed by atoms with E-state index in [1.54, 1.807) is 0 Å². The number of aliphatic imine (C=N–C) groups is 1. The molecule has 0 spiro atoms. The molecule has 0 aromatic carbocycles. The Morgan fingerprint density at radius 3 is 2.33 bits per heavy atom. The number of halogens is 1. The highest BCUT2D eigenvalue weighted by Gasteiger charge is 2.23. The summed E-state index contributed by atoms with van der Waals surface area (Å²) in [5.41, 5.74) is 6.19. The number of nitrogens with two attached hydrogens (primary N) is 1. The summed E-state index contributed by atoms with van der Waals surface area (Å²) < 4.78 is 0. The van der Waals surface area contributed by atoms with Crippen LogP contribution in [0.3, 0.4) is 0 Å². The van der Waals surface area contributed by atoms with Crippen LogP contribution in [0.1, 0.15) is 58.8 Å². The average molecular weight is 408 g/mol. The summed E-state index contributed by atoms with van der Waals surface area (Å²) in [5.74, 6) is 0.767. The largest absolute Gasteiger partial charge is 0.370 e. The lowest BCUT2D eigenvalue weighted by molar-refractivity contribution is 0.118. The first-order valence-corrected chi connectivity index (χ1v) is 8.49. The van der Waals surface area contributed by atoms with Gasteiger partial charge in [0.1, 0.15) is 0 Å². The van der Waals surface area contributed by atoms with Crippen molar-refractivity contribution < 1.29 is 0 Å². The molecule has 2 fully saturated rings. The molecule has 2 atom stereocenters. The van der Waals surface area contributed by atoms with E-state index in [0.29, 0.717) is 12.1 Å². The van der Waals surface area contributed by atoms with E-state index < -0.39 is 0 Å². The van der Waals surface area contributed by atoms with Crippen molar-refractivity contribution in [1.29, 1.82) is 0 Å². The van der Waals surface area contributed by atoms with E-state index in [9.17, 15) is 0 Å². The molecule has 124 valence electrons. The fourth-order valence-electron chi connectivity index (χ4n) is 3.51. The summed E-state index contributed by atoms with van der Waals surface area (Å²) in [4.78, 5) is 9.55. The first-order chi connectivity index (χ1) is 9.68. The summed E-state index contributed by atoms with van der Waals surface area (Å²) in [5, 5.41) is 0. The molecule has 2 unspecified atom stereocenters. The molecule has 2 saturated heterocycles. The van der Waals surface area contributed by atoms with Crippen LogP contribution in [0, 0.1) is 0 Å². The Hall–Kier alpha value is -0.0400. The van der Waals surface area contributed by atoms with E-state index in [2.05, 4.69) is 28.6 Å². The highest BCUT2D eigenvalue weighted by atomic mass is 127. The minimum atomic E-state index is 0. The zero-order valence-electron chi connectivity index (χ0n) is 13.8. The van der Waals surface area contributed by atoms with Crippen LogP contribution in [0.4, 0.5) is 0 Å². The highest BCUT2D eigenvalue weighted by Crippen LogP contribution is 2.19. The molecule has 0 radical (unpaired) electrons. The van der Waals surface area contributed by atoms with Crippen molar-refractivity contribution in [2.24, 2.45) is 10.7 Å². The van der Waals surface area contributed by atoms with Gasteiger partial charge in [0.2, 0.25) is 0 Å². The van der Waals surface area contributed by atoms with Crippen LogP contribution in [0.15, 0.2) is 4.99 Å². The van der Waals surface area contributed by atoms with Crippen molar-refractivity contribution in [2.45, 2.75) is 70.9 Å². The van der Waals surface area contributed by atoms with Crippen LogP contribution >= 0.6 is 24.0 Å².